The number of aromatic amines is 1. The molecule has 0 spiro atoms. The molecule has 250 valence electrons. The number of anilines is 2. The molecule has 0 saturated carbocycles. The fourth-order valence-corrected chi connectivity index (χ4v) is 7.62. The number of nitrogens with two attached hydrogens (primary N) is 2. The number of phosphoric ester groups is 2. The van der Waals surface area contributed by atoms with Gasteiger partial charge < -0.3 is 46.3 Å². The van der Waals surface area contributed by atoms with Crippen molar-refractivity contribution < 1.29 is 56.7 Å². The summed E-state index contributed by atoms with van der Waals surface area (Å²) >= 11 is 0. The lowest BCUT2D eigenvalue weighted by atomic mass is 10.1. The molecule has 25 heteroatoms. The molecule has 4 aliphatic rings. The minimum Gasteiger partial charge on any atom is -0.386 e. The van der Waals surface area contributed by atoms with Gasteiger partial charge in [-0.2, -0.15) is 4.98 Å². The fourth-order valence-electron chi connectivity index (χ4n) is 5.69. The molecular weight excluding hydrogens is 662 g/mol. The number of guanidine groups is 1. The fraction of sp³-hybridized carbons (Fsp3) is 0.571. The van der Waals surface area contributed by atoms with E-state index in [2.05, 4.69) is 30.2 Å². The van der Waals surface area contributed by atoms with Gasteiger partial charge in [0.15, 0.2) is 29.6 Å². The molecule has 7 heterocycles. The maximum absolute atomic E-state index is 13.1. The summed E-state index contributed by atoms with van der Waals surface area (Å²) in [5, 5.41) is 25.2. The van der Waals surface area contributed by atoms with E-state index in [9.17, 15) is 33.9 Å². The van der Waals surface area contributed by atoms with Gasteiger partial charge in [-0.25, -0.2) is 24.1 Å². The van der Waals surface area contributed by atoms with E-state index in [1.807, 2.05) is 0 Å². The first-order valence-electron chi connectivity index (χ1n) is 13.6. The van der Waals surface area contributed by atoms with Gasteiger partial charge in [0.2, 0.25) is 5.95 Å². The highest BCUT2D eigenvalue weighted by Crippen LogP contribution is 2.54. The molecule has 4 aliphatic heterocycles. The number of imidazole rings is 2. The minimum atomic E-state index is -5.05. The molecule has 0 bridgehead atoms. The Morgan fingerprint density at radius 3 is 2.11 bits per heavy atom. The molecule has 46 heavy (non-hydrogen) atoms. The average molecular weight is 690 g/mol. The van der Waals surface area contributed by atoms with Crippen LogP contribution in [0.1, 0.15) is 31.1 Å². The van der Waals surface area contributed by atoms with E-state index in [0.29, 0.717) is 11.5 Å². The number of nitrogen functional groups attached to an aromatic ring is 1. The molecular formula is C21H28N10O13P2. The van der Waals surface area contributed by atoms with Gasteiger partial charge in [-0.15, -0.1) is 0 Å². The summed E-state index contributed by atoms with van der Waals surface area (Å²) in [5.74, 6) is 0.126. The number of hydrogen-bond donors (Lipinski definition) is 8. The van der Waals surface area contributed by atoms with Crippen molar-refractivity contribution in [1.82, 2.24) is 29.1 Å². The first-order valence-corrected chi connectivity index (χ1v) is 16.6. The first-order chi connectivity index (χ1) is 21.7. The van der Waals surface area contributed by atoms with Gasteiger partial charge in [0, 0.05) is 0 Å². The normalized spacial score (nSPS) is 39.8. The zero-order valence-electron chi connectivity index (χ0n) is 23.5. The van der Waals surface area contributed by atoms with Crippen molar-refractivity contribution in [3.8, 4) is 0 Å². The number of H-pyrrole nitrogens is 1. The number of rotatable bonds is 2. The Morgan fingerprint density at radius 1 is 0.935 bits per heavy atom. The third-order valence-corrected chi connectivity index (χ3v) is 9.70. The van der Waals surface area contributed by atoms with E-state index in [0.717, 1.165) is 10.9 Å². The number of hydrogen-bond acceptors (Lipinski definition) is 18. The van der Waals surface area contributed by atoms with Crippen LogP contribution < -0.4 is 22.3 Å². The van der Waals surface area contributed by atoms with Crippen LogP contribution in [0.3, 0.4) is 0 Å². The molecule has 11 atom stereocenters. The molecule has 10 N–H and O–H groups in total. The predicted octanol–water partition coefficient (Wildman–Crippen LogP) is -2.07. The first kappa shape index (κ1) is 31.3. The lowest BCUT2D eigenvalue weighted by molar-refractivity contribution is -0.0665. The third kappa shape index (κ3) is 5.43. The maximum atomic E-state index is 13.1. The molecule has 0 radical (unpaired) electrons. The smallest absolute Gasteiger partial charge is 0.386 e. The van der Waals surface area contributed by atoms with E-state index in [4.69, 9.17) is 39.0 Å². The molecule has 0 aliphatic carbocycles. The lowest BCUT2D eigenvalue weighted by Crippen LogP contribution is -2.39. The van der Waals surface area contributed by atoms with Gasteiger partial charge in [-0.3, -0.25) is 37.0 Å². The zero-order chi connectivity index (χ0) is 32.7. The highest BCUT2D eigenvalue weighted by molar-refractivity contribution is 7.47. The molecule has 3 aromatic rings. The van der Waals surface area contributed by atoms with Crippen molar-refractivity contribution in [2.75, 3.05) is 24.3 Å². The van der Waals surface area contributed by atoms with E-state index >= 15 is 0 Å². The topological polar surface area (TPSA) is 328 Å². The number of aliphatic imine (C=N–C) groups is 1. The molecule has 0 aromatic carbocycles. The van der Waals surface area contributed by atoms with Crippen molar-refractivity contribution in [1.29, 1.82) is 0 Å². The van der Waals surface area contributed by atoms with Crippen molar-refractivity contribution >= 4 is 44.5 Å². The summed E-state index contributed by atoms with van der Waals surface area (Å²) in [7, 11) is -10.1. The number of fused-ring (bicyclic) bond motifs is 4. The molecule has 5 unspecified atom stereocenters. The number of ether oxygens (including phenoxy) is 2. The molecule has 7 rings (SSSR count). The summed E-state index contributed by atoms with van der Waals surface area (Å²) in [6.07, 6.45) is -10.0. The van der Waals surface area contributed by atoms with Crippen molar-refractivity contribution in [3.05, 3.63) is 28.7 Å². The Hall–Kier alpha value is -3.31. The Bertz CT molecular complexity index is 1860. The quantitative estimate of drug-likeness (QED) is 0.134. The van der Waals surface area contributed by atoms with Gasteiger partial charge in [0.1, 0.15) is 48.1 Å². The Kier molecular flexibility index (Phi) is 7.58. The SMILES string of the molecule is CC1N=C(N)Nc2c1ncn2[C@@H]1O[C@@H]2COP(=O)(O)OC3[C@H](COP(=O)(O)OC2[C@@H]1O)O[C@@H](n1cnc2c(=O)[nH]c(N)nc21)[C@H]3O. The number of aromatic nitrogens is 6. The van der Waals surface area contributed by atoms with Crippen LogP contribution in [0.4, 0.5) is 11.8 Å². The third-order valence-electron chi connectivity index (χ3n) is 7.73. The largest absolute Gasteiger partial charge is 0.472 e. The van der Waals surface area contributed by atoms with Crippen LogP contribution in [0, 0.1) is 0 Å². The second kappa shape index (κ2) is 11.1. The molecule has 0 amide bonds. The predicted molar refractivity (Wildman–Crippen MR) is 150 cm³/mol. The van der Waals surface area contributed by atoms with Crippen LogP contribution in [0.15, 0.2) is 22.4 Å². The maximum Gasteiger partial charge on any atom is 0.472 e. The van der Waals surface area contributed by atoms with Crippen LogP contribution in [0.5, 0.6) is 0 Å². The Balaban J connectivity index is 1.16. The van der Waals surface area contributed by atoms with Crippen molar-refractivity contribution in [2.45, 2.75) is 62.0 Å². The minimum absolute atomic E-state index is 0.0689. The summed E-state index contributed by atoms with van der Waals surface area (Å²) in [6, 6.07) is -0.437. The second-order valence-corrected chi connectivity index (χ2v) is 13.6. The zero-order valence-corrected chi connectivity index (χ0v) is 25.2. The number of aliphatic hydroxyl groups is 2. The Labute approximate surface area is 256 Å². The van der Waals surface area contributed by atoms with E-state index in [1.165, 1.54) is 10.9 Å². The number of phosphoric acid groups is 2. The summed E-state index contributed by atoms with van der Waals surface area (Å²) in [4.78, 5) is 52.2. The summed E-state index contributed by atoms with van der Waals surface area (Å²) in [5.41, 5.74) is 11.0. The van der Waals surface area contributed by atoms with E-state index < -0.39 is 89.5 Å². The van der Waals surface area contributed by atoms with Gasteiger partial charge in [0.25, 0.3) is 5.56 Å². The van der Waals surface area contributed by atoms with Gasteiger partial charge in [-0.1, -0.05) is 0 Å². The van der Waals surface area contributed by atoms with E-state index in [1.54, 1.807) is 6.92 Å². The number of nitrogens with one attached hydrogen (secondary N) is 2. The van der Waals surface area contributed by atoms with Crippen molar-refractivity contribution in [3.63, 3.8) is 0 Å². The summed E-state index contributed by atoms with van der Waals surface area (Å²) < 4.78 is 61.3. The summed E-state index contributed by atoms with van der Waals surface area (Å²) in [6.45, 7) is 0.107. The standard InChI is InChI=1S/C21H28N10O13P2/c1-6-9-15(27-20(22)26-6)30(4-24-9)18-11(32)13-7(41-18)2-39-46(37,38)44-14-8(3-40-45(35,36)43-13)42-19(12(14)33)31-5-25-10-16(31)28-21(23)29-17(10)34/h4-8,11-14,18-19,32-33H,2-3H2,1H3,(H,35,36)(H,37,38)(H3,22,26,27)(H3,23,28,29,34)/t6?,7-,8+,11+,12+,13?,14?,18-,19-/m1/s1. The average Bonchev–Trinajstić information content (AvgIpc) is 3.72. The molecule has 23 nitrogen and oxygen atoms in total. The lowest BCUT2D eigenvalue weighted by Gasteiger charge is -2.27. The Morgan fingerprint density at radius 2 is 1.50 bits per heavy atom. The number of nitrogens with zero attached hydrogens (tertiary/aromatic N) is 6. The highest BCUT2D eigenvalue weighted by atomic mass is 31.2. The van der Waals surface area contributed by atoms with Crippen LogP contribution in [0.2, 0.25) is 0 Å². The van der Waals surface area contributed by atoms with Crippen LogP contribution >= 0.6 is 15.6 Å². The monoisotopic (exact) mass is 690 g/mol. The van der Waals surface area contributed by atoms with E-state index in [-0.39, 0.29) is 23.1 Å². The molecule has 3 fully saturated rings. The van der Waals surface area contributed by atoms with Gasteiger partial charge in [-0.05, 0) is 6.92 Å². The van der Waals surface area contributed by atoms with Gasteiger partial charge in [0.05, 0.1) is 31.9 Å². The van der Waals surface area contributed by atoms with Crippen molar-refractivity contribution in [2.24, 2.45) is 10.7 Å². The molecule has 3 saturated heterocycles. The molecule has 3 aromatic heterocycles. The van der Waals surface area contributed by atoms with Crippen LogP contribution in [0.25, 0.3) is 11.2 Å². The highest BCUT2D eigenvalue weighted by Gasteiger charge is 2.54. The van der Waals surface area contributed by atoms with Crippen LogP contribution in [-0.4, -0.2) is 105 Å². The van der Waals surface area contributed by atoms with Gasteiger partial charge >= 0.3 is 15.6 Å². The van der Waals surface area contributed by atoms with Crippen LogP contribution in [-0.2, 0) is 36.7 Å². The second-order valence-electron chi connectivity index (χ2n) is 10.8. The number of aliphatic hydroxyl groups excluding tert-OH is 2.